The number of carbonyl (C=O) groups excluding carboxylic acids is 1. The maximum Gasteiger partial charge on any atom is 0.335 e. The largest absolute Gasteiger partial charge is 0.478 e. The van der Waals surface area contributed by atoms with Crippen molar-refractivity contribution in [3.63, 3.8) is 0 Å². The van der Waals surface area contributed by atoms with Gasteiger partial charge in [-0.15, -0.1) is 0 Å². The quantitative estimate of drug-likeness (QED) is 0.725. The molecule has 4 heteroatoms. The fourth-order valence-corrected chi connectivity index (χ4v) is 1.08. The lowest BCUT2D eigenvalue weighted by Crippen LogP contribution is -2.14. The summed E-state index contributed by atoms with van der Waals surface area (Å²) in [6, 6.07) is 6.44. The Hall–Kier alpha value is -1.84. The van der Waals surface area contributed by atoms with Crippen LogP contribution in [0, 0.1) is 0 Å². The van der Waals surface area contributed by atoms with Crippen LogP contribution in [0.25, 0.3) is 0 Å². The number of aromatic carboxylic acids is 1. The Morgan fingerprint density at radius 3 is 2.43 bits per heavy atom. The van der Waals surface area contributed by atoms with Crippen LogP contribution >= 0.6 is 0 Å². The maximum absolute atomic E-state index is 10.5. The molecule has 74 valence electrons. The molecule has 0 saturated carbocycles. The van der Waals surface area contributed by atoms with E-state index >= 15 is 0 Å². The van der Waals surface area contributed by atoms with Crippen molar-refractivity contribution < 1.29 is 14.7 Å². The molecule has 0 aromatic heterocycles. The second kappa shape index (κ2) is 4.41. The summed E-state index contributed by atoms with van der Waals surface area (Å²) in [5, 5.41) is 8.64. The predicted octanol–water partition coefficient (Wildman–Crippen LogP) is 0.973. The highest BCUT2D eigenvalue weighted by Crippen LogP contribution is 2.05. The molecule has 0 atom stereocenters. The Morgan fingerprint density at radius 2 is 2.00 bits per heavy atom. The Morgan fingerprint density at radius 1 is 1.43 bits per heavy atom. The van der Waals surface area contributed by atoms with Crippen LogP contribution in [0.5, 0.6) is 0 Å². The molecule has 1 rings (SSSR count). The molecular formula is C10H11NO3. The predicted molar refractivity (Wildman–Crippen MR) is 50.9 cm³/mol. The SMILES string of the molecule is CN(C=O)Cc1ccc(C(=O)O)cc1. The van der Waals surface area contributed by atoms with Gasteiger partial charge in [0, 0.05) is 13.6 Å². The first-order chi connectivity index (χ1) is 6.63. The molecule has 0 heterocycles. The molecule has 14 heavy (non-hydrogen) atoms. The Bertz CT molecular complexity index is 332. The second-order valence-electron chi connectivity index (χ2n) is 3.02. The molecule has 1 amide bonds. The van der Waals surface area contributed by atoms with Crippen molar-refractivity contribution in [2.45, 2.75) is 6.54 Å². The van der Waals surface area contributed by atoms with Crippen molar-refractivity contribution in [2.24, 2.45) is 0 Å². The number of nitrogens with zero attached hydrogens (tertiary/aromatic N) is 1. The summed E-state index contributed by atoms with van der Waals surface area (Å²) in [6.45, 7) is 0.489. The zero-order chi connectivity index (χ0) is 10.6. The summed E-state index contributed by atoms with van der Waals surface area (Å²) in [4.78, 5) is 22.3. The Kier molecular flexibility index (Phi) is 3.23. The lowest BCUT2D eigenvalue weighted by molar-refractivity contribution is -0.117. The van der Waals surface area contributed by atoms with Crippen LogP contribution in [0.3, 0.4) is 0 Å². The van der Waals surface area contributed by atoms with Gasteiger partial charge in [-0.3, -0.25) is 4.79 Å². The number of hydrogen-bond acceptors (Lipinski definition) is 2. The van der Waals surface area contributed by atoms with Gasteiger partial charge in [0.1, 0.15) is 0 Å². The minimum Gasteiger partial charge on any atom is -0.478 e. The van der Waals surface area contributed by atoms with Crippen molar-refractivity contribution in [2.75, 3.05) is 7.05 Å². The van der Waals surface area contributed by atoms with Crippen LogP contribution < -0.4 is 0 Å². The number of amides is 1. The van der Waals surface area contributed by atoms with Crippen molar-refractivity contribution in [1.82, 2.24) is 4.90 Å². The van der Waals surface area contributed by atoms with Crippen LogP contribution in [-0.2, 0) is 11.3 Å². The topological polar surface area (TPSA) is 57.6 Å². The first-order valence-corrected chi connectivity index (χ1v) is 4.11. The number of rotatable bonds is 4. The van der Waals surface area contributed by atoms with E-state index in [1.54, 1.807) is 19.2 Å². The first kappa shape index (κ1) is 10.2. The highest BCUT2D eigenvalue weighted by Gasteiger charge is 2.02. The van der Waals surface area contributed by atoms with E-state index < -0.39 is 5.97 Å². The fourth-order valence-electron chi connectivity index (χ4n) is 1.08. The summed E-state index contributed by atoms with van der Waals surface area (Å²) in [7, 11) is 1.66. The second-order valence-corrected chi connectivity index (χ2v) is 3.02. The number of benzene rings is 1. The van der Waals surface area contributed by atoms with E-state index in [2.05, 4.69) is 0 Å². The summed E-state index contributed by atoms with van der Waals surface area (Å²) in [5.74, 6) is -0.944. The van der Waals surface area contributed by atoms with E-state index in [1.165, 1.54) is 17.0 Å². The summed E-state index contributed by atoms with van der Waals surface area (Å²) in [6.07, 6.45) is 0.727. The van der Waals surface area contributed by atoms with Gasteiger partial charge in [0.2, 0.25) is 6.41 Å². The standard InChI is InChI=1S/C10H11NO3/c1-11(7-12)6-8-2-4-9(5-3-8)10(13)14/h2-5,7H,6H2,1H3,(H,13,14). The fraction of sp³-hybridized carbons (Fsp3) is 0.200. The average molecular weight is 193 g/mol. The molecule has 0 unspecified atom stereocenters. The number of carboxylic acids is 1. The lowest BCUT2D eigenvalue weighted by atomic mass is 10.1. The summed E-state index contributed by atoms with van der Waals surface area (Å²) in [5.41, 5.74) is 1.16. The molecule has 1 aromatic carbocycles. The molecule has 1 N–H and O–H groups in total. The molecule has 0 bridgehead atoms. The third-order valence-corrected chi connectivity index (χ3v) is 1.81. The normalized spacial score (nSPS) is 9.50. The average Bonchev–Trinajstić information content (AvgIpc) is 2.18. The third kappa shape index (κ3) is 2.58. The van der Waals surface area contributed by atoms with Crippen LogP contribution in [-0.4, -0.2) is 29.4 Å². The molecule has 1 aromatic rings. The summed E-state index contributed by atoms with van der Waals surface area (Å²) >= 11 is 0. The van der Waals surface area contributed by atoms with Gasteiger partial charge >= 0.3 is 5.97 Å². The van der Waals surface area contributed by atoms with Gasteiger partial charge in [-0.05, 0) is 17.7 Å². The monoisotopic (exact) mass is 193 g/mol. The van der Waals surface area contributed by atoms with Gasteiger partial charge in [-0.1, -0.05) is 12.1 Å². The zero-order valence-corrected chi connectivity index (χ0v) is 7.80. The van der Waals surface area contributed by atoms with E-state index in [1.807, 2.05) is 0 Å². The molecule has 0 aliphatic carbocycles. The molecule has 0 fully saturated rings. The summed E-state index contributed by atoms with van der Waals surface area (Å²) < 4.78 is 0. The molecular weight excluding hydrogens is 182 g/mol. The van der Waals surface area contributed by atoms with Gasteiger partial charge in [-0.25, -0.2) is 4.79 Å². The van der Waals surface area contributed by atoms with Crippen molar-refractivity contribution in [3.05, 3.63) is 35.4 Å². The molecule has 0 spiro atoms. The van der Waals surface area contributed by atoms with Crippen LogP contribution in [0.1, 0.15) is 15.9 Å². The Labute approximate surface area is 81.8 Å². The van der Waals surface area contributed by atoms with Crippen molar-refractivity contribution in [3.8, 4) is 0 Å². The number of hydrogen-bond donors (Lipinski definition) is 1. The number of carbonyl (C=O) groups is 2. The van der Waals surface area contributed by atoms with E-state index in [0.717, 1.165) is 12.0 Å². The van der Waals surface area contributed by atoms with Crippen LogP contribution in [0.15, 0.2) is 24.3 Å². The van der Waals surface area contributed by atoms with Gasteiger partial charge in [-0.2, -0.15) is 0 Å². The van der Waals surface area contributed by atoms with E-state index in [4.69, 9.17) is 5.11 Å². The minimum absolute atomic E-state index is 0.252. The molecule has 0 aliphatic rings. The first-order valence-electron chi connectivity index (χ1n) is 4.11. The van der Waals surface area contributed by atoms with Gasteiger partial charge in [0.15, 0.2) is 0 Å². The minimum atomic E-state index is -0.944. The van der Waals surface area contributed by atoms with Crippen LogP contribution in [0.4, 0.5) is 0 Å². The zero-order valence-electron chi connectivity index (χ0n) is 7.80. The van der Waals surface area contributed by atoms with E-state index in [0.29, 0.717) is 6.54 Å². The number of carboxylic acid groups (broad SMARTS) is 1. The highest BCUT2D eigenvalue weighted by molar-refractivity contribution is 5.87. The third-order valence-electron chi connectivity index (χ3n) is 1.81. The van der Waals surface area contributed by atoms with Gasteiger partial charge < -0.3 is 10.0 Å². The van der Waals surface area contributed by atoms with Crippen molar-refractivity contribution >= 4 is 12.4 Å². The smallest absolute Gasteiger partial charge is 0.335 e. The highest BCUT2D eigenvalue weighted by atomic mass is 16.4. The van der Waals surface area contributed by atoms with Gasteiger partial charge in [0.25, 0.3) is 0 Å². The Balaban J connectivity index is 2.73. The maximum atomic E-state index is 10.5. The lowest BCUT2D eigenvalue weighted by Gasteiger charge is -2.09. The molecule has 0 aliphatic heterocycles. The molecule has 0 radical (unpaired) electrons. The van der Waals surface area contributed by atoms with E-state index in [9.17, 15) is 9.59 Å². The van der Waals surface area contributed by atoms with Crippen LogP contribution in [0.2, 0.25) is 0 Å². The van der Waals surface area contributed by atoms with Crippen molar-refractivity contribution in [1.29, 1.82) is 0 Å². The van der Waals surface area contributed by atoms with Gasteiger partial charge in [0.05, 0.1) is 5.56 Å². The van der Waals surface area contributed by atoms with E-state index in [-0.39, 0.29) is 5.56 Å². The molecule has 4 nitrogen and oxygen atoms in total. The molecule has 0 saturated heterocycles.